The van der Waals surface area contributed by atoms with Crippen molar-refractivity contribution in [1.29, 1.82) is 0 Å². The van der Waals surface area contributed by atoms with Crippen LogP contribution in [0.25, 0.3) is 6.08 Å². The van der Waals surface area contributed by atoms with Gasteiger partial charge >= 0.3 is 5.97 Å². The number of benzene rings is 1. The highest BCUT2D eigenvalue weighted by Gasteiger charge is 2.36. The molecular formula is C25H25BrN2O6S. The third kappa shape index (κ3) is 4.85. The van der Waals surface area contributed by atoms with Gasteiger partial charge in [0.2, 0.25) is 0 Å². The van der Waals surface area contributed by atoms with Crippen LogP contribution in [-0.4, -0.2) is 31.4 Å². The number of methoxy groups -OCH3 is 2. The number of hydrogen-bond donors (Lipinski definition) is 0. The number of aromatic nitrogens is 1. The predicted molar refractivity (Wildman–Crippen MR) is 136 cm³/mol. The van der Waals surface area contributed by atoms with Crippen LogP contribution in [-0.2, 0) is 9.53 Å². The summed E-state index contributed by atoms with van der Waals surface area (Å²) in [5.74, 6) is 1.09. The van der Waals surface area contributed by atoms with Crippen LogP contribution in [0.2, 0.25) is 0 Å². The van der Waals surface area contributed by atoms with Crippen LogP contribution in [0.3, 0.4) is 0 Å². The molecule has 4 rings (SSSR count). The van der Waals surface area contributed by atoms with Gasteiger partial charge in [-0.15, -0.1) is 0 Å². The first-order valence-corrected chi connectivity index (χ1v) is 12.7. The molecule has 0 unspecified atom stereocenters. The Balaban J connectivity index is 2.06. The molecule has 0 bridgehead atoms. The Morgan fingerprint density at radius 3 is 2.66 bits per heavy atom. The van der Waals surface area contributed by atoms with E-state index in [1.807, 2.05) is 6.92 Å². The number of fused-ring (bicyclic) bond motifs is 1. The standard InChI is InChI=1S/C25H25BrN2O6S/c1-5-7-17-21(24(30)33-6-2)22(16-12-14(31-3)8-10-18(16)32-4)28-23(29)19(35-25(28)27-17)13-15-9-11-20(26)34-15/h8-13,22H,5-7H2,1-4H3/b19-13-/t22-/m0/s1. The van der Waals surface area contributed by atoms with Gasteiger partial charge in [0.15, 0.2) is 9.47 Å². The predicted octanol–water partition coefficient (Wildman–Crippen LogP) is 3.95. The van der Waals surface area contributed by atoms with Crippen LogP contribution in [0.4, 0.5) is 0 Å². The Morgan fingerprint density at radius 2 is 2.03 bits per heavy atom. The van der Waals surface area contributed by atoms with Gasteiger partial charge in [0, 0.05) is 11.6 Å². The van der Waals surface area contributed by atoms with Gasteiger partial charge in [-0.05, 0) is 59.6 Å². The zero-order valence-electron chi connectivity index (χ0n) is 19.8. The first kappa shape index (κ1) is 25.0. The lowest BCUT2D eigenvalue weighted by atomic mass is 9.93. The Labute approximate surface area is 214 Å². The summed E-state index contributed by atoms with van der Waals surface area (Å²) < 4.78 is 24.6. The molecule has 0 amide bonds. The number of furan rings is 1. The van der Waals surface area contributed by atoms with Gasteiger partial charge in [0.25, 0.3) is 5.56 Å². The summed E-state index contributed by atoms with van der Waals surface area (Å²) in [5.41, 5.74) is 1.22. The highest BCUT2D eigenvalue weighted by atomic mass is 79.9. The van der Waals surface area contributed by atoms with Crippen LogP contribution in [0.15, 0.2) is 60.5 Å². The van der Waals surface area contributed by atoms with Gasteiger partial charge in [-0.25, -0.2) is 9.79 Å². The van der Waals surface area contributed by atoms with Gasteiger partial charge in [0.05, 0.1) is 36.6 Å². The highest BCUT2D eigenvalue weighted by Crippen LogP contribution is 2.38. The number of esters is 1. The second-order valence-corrected chi connectivity index (χ2v) is 9.45. The third-order valence-electron chi connectivity index (χ3n) is 5.49. The van der Waals surface area contributed by atoms with Gasteiger partial charge < -0.3 is 18.6 Å². The summed E-state index contributed by atoms with van der Waals surface area (Å²) in [6.07, 6.45) is 2.98. The second-order valence-electron chi connectivity index (χ2n) is 7.66. The van der Waals surface area contributed by atoms with Crippen molar-refractivity contribution in [3.05, 3.63) is 77.3 Å². The average molecular weight is 561 g/mol. The van der Waals surface area contributed by atoms with Gasteiger partial charge in [-0.1, -0.05) is 24.7 Å². The summed E-state index contributed by atoms with van der Waals surface area (Å²) in [5, 5.41) is 0. The van der Waals surface area contributed by atoms with E-state index in [4.69, 9.17) is 23.6 Å². The molecule has 8 nitrogen and oxygen atoms in total. The number of nitrogens with zero attached hydrogens (tertiary/aromatic N) is 2. The SMILES string of the molecule is CCCC1=C(C(=O)OCC)[C@H](c2cc(OC)ccc2OC)n2c(s/c(=C\c3ccc(Br)o3)c2=O)=N1. The molecule has 10 heteroatoms. The molecule has 1 aromatic carbocycles. The van der Waals surface area contributed by atoms with Crippen molar-refractivity contribution in [3.63, 3.8) is 0 Å². The lowest BCUT2D eigenvalue weighted by molar-refractivity contribution is -0.139. The smallest absolute Gasteiger partial charge is 0.338 e. The maximum atomic E-state index is 13.7. The monoisotopic (exact) mass is 560 g/mol. The first-order chi connectivity index (χ1) is 16.9. The summed E-state index contributed by atoms with van der Waals surface area (Å²) in [4.78, 5) is 32.3. The van der Waals surface area contributed by atoms with Crippen molar-refractivity contribution in [1.82, 2.24) is 4.57 Å². The van der Waals surface area contributed by atoms with Crippen molar-refractivity contribution in [2.45, 2.75) is 32.7 Å². The van der Waals surface area contributed by atoms with E-state index in [1.165, 1.54) is 15.9 Å². The van der Waals surface area contributed by atoms with Gasteiger partial charge in [-0.2, -0.15) is 0 Å². The maximum absolute atomic E-state index is 13.7. The fourth-order valence-electron chi connectivity index (χ4n) is 4.00. The van der Waals surface area contributed by atoms with Crippen molar-refractivity contribution in [3.8, 4) is 11.5 Å². The van der Waals surface area contributed by atoms with Crippen LogP contribution < -0.4 is 24.4 Å². The largest absolute Gasteiger partial charge is 0.497 e. The summed E-state index contributed by atoms with van der Waals surface area (Å²) in [6, 6.07) is 8.01. The van der Waals surface area contributed by atoms with E-state index in [0.29, 0.717) is 54.5 Å². The number of ether oxygens (including phenoxy) is 3. The number of halogens is 1. The molecule has 0 spiro atoms. The van der Waals surface area contributed by atoms with Crippen LogP contribution in [0.5, 0.6) is 11.5 Å². The molecule has 184 valence electrons. The Morgan fingerprint density at radius 1 is 1.23 bits per heavy atom. The number of hydrogen-bond acceptors (Lipinski definition) is 8. The molecule has 0 N–H and O–H groups in total. The minimum absolute atomic E-state index is 0.196. The molecule has 1 aliphatic rings. The van der Waals surface area contributed by atoms with Gasteiger partial charge in [0.1, 0.15) is 23.3 Å². The van der Waals surface area contributed by atoms with Crippen molar-refractivity contribution < 1.29 is 23.4 Å². The molecule has 1 aliphatic heterocycles. The molecule has 3 heterocycles. The van der Waals surface area contributed by atoms with Gasteiger partial charge in [-0.3, -0.25) is 9.36 Å². The van der Waals surface area contributed by atoms with E-state index in [9.17, 15) is 9.59 Å². The molecule has 1 atom stereocenters. The molecule has 35 heavy (non-hydrogen) atoms. The zero-order chi connectivity index (χ0) is 25.1. The van der Waals surface area contributed by atoms with E-state index in [0.717, 1.165) is 6.42 Å². The van der Waals surface area contributed by atoms with E-state index >= 15 is 0 Å². The molecule has 0 saturated carbocycles. The fourth-order valence-corrected chi connectivity index (χ4v) is 5.32. The van der Waals surface area contributed by atoms with Crippen LogP contribution in [0.1, 0.15) is 44.1 Å². The van der Waals surface area contributed by atoms with Crippen molar-refractivity contribution in [2.24, 2.45) is 4.99 Å². The number of carbonyl (C=O) groups is 1. The van der Waals surface area contributed by atoms with Crippen LogP contribution >= 0.6 is 27.3 Å². The molecule has 0 saturated heterocycles. The Hall–Kier alpha value is -3.11. The molecule has 0 radical (unpaired) electrons. The van der Waals surface area contributed by atoms with Crippen LogP contribution in [0, 0.1) is 0 Å². The van der Waals surface area contributed by atoms with E-state index < -0.39 is 12.0 Å². The second kappa shape index (κ2) is 10.7. The quantitative estimate of drug-likeness (QED) is 0.387. The first-order valence-electron chi connectivity index (χ1n) is 11.1. The average Bonchev–Trinajstić information content (AvgIpc) is 3.40. The van der Waals surface area contributed by atoms with Crippen molar-refractivity contribution >= 4 is 39.3 Å². The summed E-state index contributed by atoms with van der Waals surface area (Å²) in [6.45, 7) is 3.95. The summed E-state index contributed by atoms with van der Waals surface area (Å²) in [7, 11) is 3.10. The maximum Gasteiger partial charge on any atom is 0.338 e. The number of carbonyl (C=O) groups excluding carboxylic acids is 1. The molecule has 0 aliphatic carbocycles. The number of thiazole rings is 1. The molecular weight excluding hydrogens is 536 g/mol. The zero-order valence-corrected chi connectivity index (χ0v) is 22.2. The van der Waals surface area contributed by atoms with E-state index in [2.05, 4.69) is 15.9 Å². The minimum atomic E-state index is -0.803. The van der Waals surface area contributed by atoms with E-state index in [1.54, 1.807) is 57.6 Å². The molecule has 3 aromatic rings. The lowest BCUT2D eigenvalue weighted by Gasteiger charge is -2.27. The fraction of sp³-hybridized carbons (Fsp3) is 0.320. The van der Waals surface area contributed by atoms with Crippen molar-refractivity contribution in [2.75, 3.05) is 20.8 Å². The normalized spacial score (nSPS) is 15.6. The Bertz CT molecular complexity index is 1470. The summed E-state index contributed by atoms with van der Waals surface area (Å²) >= 11 is 4.52. The number of allylic oxidation sites excluding steroid dienone is 1. The Kier molecular flexibility index (Phi) is 7.61. The minimum Gasteiger partial charge on any atom is -0.497 e. The number of rotatable bonds is 8. The molecule has 2 aromatic heterocycles. The lowest BCUT2D eigenvalue weighted by Crippen LogP contribution is -2.40. The third-order valence-corrected chi connectivity index (χ3v) is 6.90. The van der Waals surface area contributed by atoms with E-state index in [-0.39, 0.29) is 12.2 Å². The molecule has 0 fully saturated rings. The topological polar surface area (TPSA) is 92.3 Å². The highest BCUT2D eigenvalue weighted by molar-refractivity contribution is 9.10.